The van der Waals surface area contributed by atoms with Crippen LogP contribution in [0.3, 0.4) is 0 Å². The Balaban J connectivity index is 0.00000221. The Labute approximate surface area is 279 Å². The van der Waals surface area contributed by atoms with Gasteiger partial charge in [0.25, 0.3) is 5.91 Å². The summed E-state index contributed by atoms with van der Waals surface area (Å²) in [5.74, 6) is -2.56. The molecule has 1 aromatic heterocycles. The van der Waals surface area contributed by atoms with Gasteiger partial charge in [-0.15, -0.1) is 0 Å². The van der Waals surface area contributed by atoms with Gasteiger partial charge in [-0.1, -0.05) is 12.1 Å². The molecule has 0 aliphatic carbocycles. The van der Waals surface area contributed by atoms with Crippen molar-refractivity contribution in [3.8, 4) is 11.1 Å². The van der Waals surface area contributed by atoms with Crippen LogP contribution in [0.5, 0.6) is 0 Å². The molecule has 6 rings (SSSR count). The standard InChI is InChI=1S/C31H34FN5O5.2Li/c1-31(2,3)42-30(41)35-13-11-34(12-14-35)21-8-6-19(7-9-21)20-15-22-23(24(32)16-20)17-37(28(22)38)27(29(39)40)26-25-5-4-10-36(25)18-33-26;;/h6-9,15-16,18,27H,4-5,10-14,17H2,1-3H3,(H,39,40);;/q;;+1/p-1. The fraction of sp³-hybridized carbons (Fsp3) is 0.419. The van der Waals surface area contributed by atoms with Crippen molar-refractivity contribution in [2.45, 2.75) is 58.3 Å². The van der Waals surface area contributed by atoms with Gasteiger partial charge in [0.15, 0.2) is 0 Å². The number of carboxylic acid groups (broad SMARTS) is 1. The minimum absolute atomic E-state index is 0. The number of ether oxygens (including phenoxy) is 1. The molecule has 3 aliphatic rings. The van der Waals surface area contributed by atoms with Gasteiger partial charge in [0, 0.05) is 74.1 Å². The van der Waals surface area contributed by atoms with Crippen molar-refractivity contribution in [3.05, 3.63) is 71.1 Å². The molecule has 3 aromatic rings. The van der Waals surface area contributed by atoms with Crippen LogP contribution in [0.4, 0.5) is 14.9 Å². The molecule has 1 fully saturated rings. The number of aryl methyl sites for hydroxylation is 1. The van der Waals surface area contributed by atoms with Crippen LogP contribution in [-0.4, -0.2) is 88.0 Å². The number of piperazine rings is 1. The molecule has 0 N–H and O–H groups in total. The number of hydrogen-bond donors (Lipinski definition) is 0. The quantitative estimate of drug-likeness (QED) is 0.379. The van der Waals surface area contributed by atoms with Crippen molar-refractivity contribution in [3.63, 3.8) is 0 Å². The molecule has 1 saturated heterocycles. The number of amides is 2. The summed E-state index contributed by atoms with van der Waals surface area (Å²) in [4.78, 5) is 47.4. The van der Waals surface area contributed by atoms with E-state index in [0.717, 1.165) is 34.8 Å². The van der Waals surface area contributed by atoms with Crippen molar-refractivity contribution in [2.75, 3.05) is 31.1 Å². The van der Waals surface area contributed by atoms with Gasteiger partial charge in [0.2, 0.25) is 0 Å². The summed E-state index contributed by atoms with van der Waals surface area (Å²) in [6.07, 6.45) is 2.81. The van der Waals surface area contributed by atoms with E-state index in [1.807, 2.05) is 49.6 Å². The van der Waals surface area contributed by atoms with E-state index in [4.69, 9.17) is 4.74 Å². The molecular formula is C31H33FLi2N5O5. The average molecular weight is 589 g/mol. The van der Waals surface area contributed by atoms with E-state index >= 15 is 4.39 Å². The van der Waals surface area contributed by atoms with Gasteiger partial charge < -0.3 is 33.9 Å². The Morgan fingerprint density at radius 3 is 2.34 bits per heavy atom. The summed E-state index contributed by atoms with van der Waals surface area (Å²) >= 11 is 0. The van der Waals surface area contributed by atoms with E-state index < -0.39 is 29.3 Å². The third-order valence-electron chi connectivity index (χ3n) is 8.10. The first-order chi connectivity index (χ1) is 20.0. The van der Waals surface area contributed by atoms with Crippen molar-refractivity contribution >= 4 is 42.5 Å². The largest absolute Gasteiger partial charge is 1.00 e. The molecule has 10 nitrogen and oxygen atoms in total. The number of fused-ring (bicyclic) bond motifs is 2. The Bertz CT molecular complexity index is 1560. The van der Waals surface area contributed by atoms with Gasteiger partial charge in [-0.2, -0.15) is 0 Å². The van der Waals surface area contributed by atoms with Gasteiger partial charge in [-0.25, -0.2) is 14.2 Å². The molecule has 1 unspecified atom stereocenters. The van der Waals surface area contributed by atoms with Crippen molar-refractivity contribution in [1.29, 1.82) is 0 Å². The molecule has 221 valence electrons. The van der Waals surface area contributed by atoms with Crippen LogP contribution >= 0.6 is 0 Å². The van der Waals surface area contributed by atoms with Crippen LogP contribution < -0.4 is 28.9 Å². The van der Waals surface area contributed by atoms with Gasteiger partial charge in [0.1, 0.15) is 17.5 Å². The van der Waals surface area contributed by atoms with Crippen molar-refractivity contribution in [2.24, 2.45) is 0 Å². The first-order valence-corrected chi connectivity index (χ1v) is 14.2. The maximum Gasteiger partial charge on any atom is 1.00 e. The number of halogens is 1. The summed E-state index contributed by atoms with van der Waals surface area (Å²) in [5.41, 5.74) is 3.06. The third-order valence-corrected chi connectivity index (χ3v) is 8.10. The van der Waals surface area contributed by atoms with E-state index in [2.05, 4.69) is 9.88 Å². The van der Waals surface area contributed by atoms with Crippen LogP contribution in [0.2, 0.25) is 0 Å². The number of hydrogen-bond acceptors (Lipinski definition) is 7. The van der Waals surface area contributed by atoms with E-state index in [1.165, 1.54) is 6.07 Å². The van der Waals surface area contributed by atoms with E-state index in [-0.39, 0.29) is 67.2 Å². The normalized spacial score (nSPS) is 16.5. The Kier molecular flexibility index (Phi) is 9.97. The van der Waals surface area contributed by atoms with E-state index in [9.17, 15) is 19.5 Å². The zero-order chi connectivity index (χ0) is 29.8. The SMILES string of the molecule is CC(C)(C)OC(=O)N1CCN(c2ccc(-c3cc(F)c4c(c3)C(=O)N(C(C(=O)[O-])c3ncn5c3CCC5)C4)cc2)CC1.[Li+].[Li]. The number of aromatic nitrogens is 2. The molecule has 0 spiro atoms. The first kappa shape index (κ1) is 33.7. The van der Waals surface area contributed by atoms with Gasteiger partial charge in [-0.05, 0) is 69.0 Å². The van der Waals surface area contributed by atoms with Crippen LogP contribution in [-0.2, 0) is 29.0 Å². The molecule has 2 aromatic carbocycles. The minimum Gasteiger partial charge on any atom is -0.547 e. The maximum atomic E-state index is 15.4. The van der Waals surface area contributed by atoms with E-state index in [0.29, 0.717) is 38.2 Å². The van der Waals surface area contributed by atoms with E-state index in [1.54, 1.807) is 17.3 Å². The molecule has 44 heavy (non-hydrogen) atoms. The monoisotopic (exact) mass is 588 g/mol. The van der Waals surface area contributed by atoms with Gasteiger partial charge >= 0.3 is 25.0 Å². The maximum absolute atomic E-state index is 15.4. The number of carbonyl (C=O) groups is 3. The van der Waals surface area contributed by atoms with Gasteiger partial charge in [0.05, 0.1) is 24.5 Å². The summed E-state index contributed by atoms with van der Waals surface area (Å²) in [6.45, 7) is 8.49. The Morgan fingerprint density at radius 2 is 1.70 bits per heavy atom. The molecule has 2 amide bonds. The molecule has 0 saturated carbocycles. The molecule has 0 bridgehead atoms. The summed E-state index contributed by atoms with van der Waals surface area (Å²) in [6, 6.07) is 9.22. The van der Waals surface area contributed by atoms with Crippen molar-refractivity contribution < 1.29 is 47.5 Å². The number of carbonyl (C=O) groups excluding carboxylic acids is 3. The zero-order valence-corrected chi connectivity index (χ0v) is 25.9. The zero-order valence-electron chi connectivity index (χ0n) is 25.9. The third kappa shape index (κ3) is 6.43. The number of anilines is 1. The summed E-state index contributed by atoms with van der Waals surface area (Å²) in [7, 11) is 0. The summed E-state index contributed by atoms with van der Waals surface area (Å²) < 4.78 is 22.7. The fourth-order valence-corrected chi connectivity index (χ4v) is 6.02. The molecule has 1 atom stereocenters. The molecule has 13 heteroatoms. The number of nitrogens with zero attached hydrogens (tertiary/aromatic N) is 5. The topological polar surface area (TPSA) is 111 Å². The molecular weight excluding hydrogens is 555 g/mol. The predicted molar refractivity (Wildman–Crippen MR) is 156 cm³/mol. The number of carboxylic acids is 1. The second kappa shape index (κ2) is 13.0. The second-order valence-electron chi connectivity index (χ2n) is 12.0. The number of benzene rings is 2. The smallest absolute Gasteiger partial charge is 0.547 e. The van der Waals surface area contributed by atoms with Crippen LogP contribution in [0.25, 0.3) is 11.1 Å². The Morgan fingerprint density at radius 1 is 1.02 bits per heavy atom. The second-order valence-corrected chi connectivity index (χ2v) is 12.0. The van der Waals surface area contributed by atoms with Crippen LogP contribution in [0, 0.1) is 5.82 Å². The number of rotatable bonds is 5. The molecule has 3 aliphatic heterocycles. The summed E-state index contributed by atoms with van der Waals surface area (Å²) in [5, 5.41) is 12.2. The molecule has 1 radical (unpaired) electrons. The van der Waals surface area contributed by atoms with Crippen molar-refractivity contribution in [1.82, 2.24) is 19.4 Å². The number of imidazole rings is 1. The predicted octanol–water partition coefficient (Wildman–Crippen LogP) is -0.237. The first-order valence-electron chi connectivity index (χ1n) is 14.2. The van der Waals surface area contributed by atoms with Crippen LogP contribution in [0.15, 0.2) is 42.7 Å². The minimum atomic E-state index is -1.44. The van der Waals surface area contributed by atoms with Crippen LogP contribution in [0.1, 0.15) is 60.5 Å². The average Bonchev–Trinajstić information content (AvgIpc) is 3.65. The molecule has 4 heterocycles. The van der Waals surface area contributed by atoms with Gasteiger partial charge in [-0.3, -0.25) is 4.79 Å². The fourth-order valence-electron chi connectivity index (χ4n) is 6.02. The Hall–Kier alpha value is -3.22. The number of aliphatic carboxylic acids is 1.